The minimum absolute atomic E-state index is 0.210. The van der Waals surface area contributed by atoms with Gasteiger partial charge in [-0.25, -0.2) is 15.8 Å². The molecular weight excluding hydrogens is 290 g/mol. The second kappa shape index (κ2) is 5.51. The van der Waals surface area contributed by atoms with Crippen molar-refractivity contribution in [1.82, 2.24) is 14.5 Å². The van der Waals surface area contributed by atoms with Gasteiger partial charge < -0.3 is 5.43 Å². The fourth-order valence-corrected chi connectivity index (χ4v) is 2.27. The molecular formula is C14H12ClN5O. The van der Waals surface area contributed by atoms with Gasteiger partial charge in [0.2, 0.25) is 0 Å². The van der Waals surface area contributed by atoms with Gasteiger partial charge in [0, 0.05) is 0 Å². The van der Waals surface area contributed by atoms with Crippen LogP contribution in [-0.2, 0) is 6.54 Å². The smallest absolute Gasteiger partial charge is 0.269 e. The van der Waals surface area contributed by atoms with Gasteiger partial charge in [-0.05, 0) is 24.3 Å². The van der Waals surface area contributed by atoms with Gasteiger partial charge in [-0.1, -0.05) is 23.7 Å². The van der Waals surface area contributed by atoms with Crippen molar-refractivity contribution < 1.29 is 0 Å². The van der Waals surface area contributed by atoms with Gasteiger partial charge in [0.05, 0.1) is 34.5 Å². The fourth-order valence-electron chi connectivity index (χ4n) is 2.10. The van der Waals surface area contributed by atoms with E-state index in [1.807, 2.05) is 24.3 Å². The van der Waals surface area contributed by atoms with Gasteiger partial charge in [0.15, 0.2) is 0 Å². The summed E-state index contributed by atoms with van der Waals surface area (Å²) in [6.07, 6.45) is 1.29. The second-order valence-corrected chi connectivity index (χ2v) is 4.85. The molecule has 0 amide bonds. The van der Waals surface area contributed by atoms with Crippen molar-refractivity contribution in [3.05, 3.63) is 63.7 Å². The monoisotopic (exact) mass is 301 g/mol. The van der Waals surface area contributed by atoms with Crippen molar-refractivity contribution in [1.29, 1.82) is 0 Å². The molecule has 0 bridgehead atoms. The number of nitrogens with zero attached hydrogens (tertiary/aromatic N) is 3. The number of rotatable bonds is 3. The molecule has 106 valence electrons. The molecule has 0 aliphatic heterocycles. The number of para-hydroxylation sites is 2. The van der Waals surface area contributed by atoms with Gasteiger partial charge >= 0.3 is 0 Å². The molecule has 3 aromatic rings. The zero-order valence-electron chi connectivity index (χ0n) is 11.0. The third kappa shape index (κ3) is 2.58. The maximum atomic E-state index is 12.1. The van der Waals surface area contributed by atoms with E-state index in [2.05, 4.69) is 15.4 Å². The Hall–Kier alpha value is -2.44. The average molecular weight is 302 g/mol. The van der Waals surface area contributed by atoms with Crippen LogP contribution in [-0.4, -0.2) is 14.5 Å². The molecule has 2 aromatic heterocycles. The van der Waals surface area contributed by atoms with E-state index in [9.17, 15) is 4.79 Å². The number of benzene rings is 1. The molecule has 0 atom stereocenters. The van der Waals surface area contributed by atoms with E-state index < -0.39 is 0 Å². The van der Waals surface area contributed by atoms with Crippen LogP contribution in [0.25, 0.3) is 11.0 Å². The third-order valence-electron chi connectivity index (χ3n) is 3.13. The molecule has 2 heterocycles. The molecule has 3 N–H and O–H groups in total. The van der Waals surface area contributed by atoms with E-state index >= 15 is 0 Å². The zero-order chi connectivity index (χ0) is 14.8. The summed E-state index contributed by atoms with van der Waals surface area (Å²) >= 11 is 6.14. The SMILES string of the molecule is NNc1ccc(Cl)c(Cn2c(=O)cnc3ccccc32)n1. The van der Waals surface area contributed by atoms with Crippen LogP contribution in [0, 0.1) is 0 Å². The van der Waals surface area contributed by atoms with E-state index in [0.29, 0.717) is 16.5 Å². The normalized spacial score (nSPS) is 10.8. The number of nitrogens with one attached hydrogen (secondary N) is 1. The van der Waals surface area contributed by atoms with Crippen LogP contribution < -0.4 is 16.8 Å². The first-order valence-electron chi connectivity index (χ1n) is 6.25. The molecule has 21 heavy (non-hydrogen) atoms. The van der Waals surface area contributed by atoms with Crippen molar-refractivity contribution in [2.45, 2.75) is 6.54 Å². The highest BCUT2D eigenvalue weighted by atomic mass is 35.5. The van der Waals surface area contributed by atoms with Gasteiger partial charge in [0.1, 0.15) is 5.82 Å². The number of nitrogens with two attached hydrogens (primary N) is 1. The van der Waals surface area contributed by atoms with Crippen LogP contribution in [0.1, 0.15) is 5.69 Å². The number of halogens is 1. The average Bonchev–Trinajstić information content (AvgIpc) is 2.52. The first-order valence-corrected chi connectivity index (χ1v) is 6.63. The summed E-state index contributed by atoms with van der Waals surface area (Å²) in [5, 5.41) is 0.474. The van der Waals surface area contributed by atoms with E-state index in [4.69, 9.17) is 17.4 Å². The van der Waals surface area contributed by atoms with Crippen LogP contribution >= 0.6 is 11.6 Å². The summed E-state index contributed by atoms with van der Waals surface area (Å²) in [5.41, 5.74) is 4.28. The van der Waals surface area contributed by atoms with Crippen LogP contribution in [0.5, 0.6) is 0 Å². The van der Waals surface area contributed by atoms with Crippen molar-refractivity contribution in [3.63, 3.8) is 0 Å². The van der Waals surface area contributed by atoms with Crippen molar-refractivity contribution in [2.75, 3.05) is 5.43 Å². The summed E-state index contributed by atoms with van der Waals surface area (Å²) in [6.45, 7) is 0.246. The van der Waals surface area contributed by atoms with Crippen molar-refractivity contribution in [3.8, 4) is 0 Å². The second-order valence-electron chi connectivity index (χ2n) is 4.44. The summed E-state index contributed by atoms with van der Waals surface area (Å²) in [6, 6.07) is 10.8. The number of pyridine rings is 1. The maximum Gasteiger partial charge on any atom is 0.269 e. The first-order chi connectivity index (χ1) is 10.2. The van der Waals surface area contributed by atoms with Crippen molar-refractivity contribution in [2.24, 2.45) is 5.84 Å². The maximum absolute atomic E-state index is 12.1. The number of aromatic nitrogens is 3. The molecule has 3 rings (SSSR count). The lowest BCUT2D eigenvalue weighted by Crippen LogP contribution is -2.22. The molecule has 0 spiro atoms. The summed E-state index contributed by atoms with van der Waals surface area (Å²) < 4.78 is 1.58. The summed E-state index contributed by atoms with van der Waals surface area (Å²) in [5.74, 6) is 5.84. The Kier molecular flexibility index (Phi) is 3.55. The molecule has 0 saturated carbocycles. The molecule has 7 heteroatoms. The van der Waals surface area contributed by atoms with Gasteiger partial charge in [-0.15, -0.1) is 0 Å². The van der Waals surface area contributed by atoms with E-state index in [1.165, 1.54) is 6.20 Å². The lowest BCUT2D eigenvalue weighted by Gasteiger charge is -2.11. The largest absolute Gasteiger partial charge is 0.308 e. The molecule has 0 unspecified atom stereocenters. The minimum Gasteiger partial charge on any atom is -0.308 e. The lowest BCUT2D eigenvalue weighted by molar-refractivity contribution is 0.765. The van der Waals surface area contributed by atoms with E-state index in [0.717, 1.165) is 11.0 Å². The Morgan fingerprint density at radius 1 is 1.24 bits per heavy atom. The lowest BCUT2D eigenvalue weighted by atomic mass is 10.2. The Morgan fingerprint density at radius 2 is 2.05 bits per heavy atom. The number of hydrogen-bond acceptors (Lipinski definition) is 5. The summed E-state index contributed by atoms with van der Waals surface area (Å²) in [7, 11) is 0. The van der Waals surface area contributed by atoms with Gasteiger partial charge in [0.25, 0.3) is 5.56 Å². The standard InChI is InChI=1S/C14H12ClN5O/c15-9-5-6-13(19-16)18-11(9)8-20-12-4-2-1-3-10(12)17-7-14(20)21/h1-7H,8,16H2,(H,18,19). The number of hydrogen-bond donors (Lipinski definition) is 2. The van der Waals surface area contributed by atoms with Gasteiger partial charge in [-0.2, -0.15) is 0 Å². The number of hydrazine groups is 1. The Labute approximate surface area is 125 Å². The molecule has 0 fully saturated rings. The molecule has 1 aromatic carbocycles. The Morgan fingerprint density at radius 3 is 2.86 bits per heavy atom. The van der Waals surface area contributed by atoms with Crippen LogP contribution in [0.4, 0.5) is 5.82 Å². The topological polar surface area (TPSA) is 85.8 Å². The number of nitrogen functional groups attached to an aromatic ring is 1. The van der Waals surface area contributed by atoms with E-state index in [1.54, 1.807) is 16.7 Å². The Balaban J connectivity index is 2.14. The number of anilines is 1. The predicted molar refractivity (Wildman–Crippen MR) is 82.2 cm³/mol. The number of fused-ring (bicyclic) bond motifs is 1. The first kappa shape index (κ1) is 13.5. The van der Waals surface area contributed by atoms with Crippen LogP contribution in [0.2, 0.25) is 5.02 Å². The van der Waals surface area contributed by atoms with Crippen LogP contribution in [0.3, 0.4) is 0 Å². The van der Waals surface area contributed by atoms with Crippen molar-refractivity contribution >= 4 is 28.5 Å². The van der Waals surface area contributed by atoms with Gasteiger partial charge in [-0.3, -0.25) is 9.36 Å². The predicted octanol–water partition coefficient (Wildman–Crippen LogP) is 1.78. The van der Waals surface area contributed by atoms with E-state index in [-0.39, 0.29) is 12.1 Å². The van der Waals surface area contributed by atoms with Crippen LogP contribution in [0.15, 0.2) is 47.4 Å². The highest BCUT2D eigenvalue weighted by Gasteiger charge is 2.09. The molecule has 0 saturated heterocycles. The molecule has 0 aliphatic rings. The summed E-state index contributed by atoms with van der Waals surface area (Å²) in [4.78, 5) is 20.5. The molecule has 0 radical (unpaired) electrons. The fraction of sp³-hybridized carbons (Fsp3) is 0.0714. The highest BCUT2D eigenvalue weighted by Crippen LogP contribution is 2.18. The Bertz CT molecular complexity index is 861. The molecule has 0 aliphatic carbocycles. The molecule has 6 nitrogen and oxygen atoms in total. The highest BCUT2D eigenvalue weighted by molar-refractivity contribution is 6.31. The zero-order valence-corrected chi connectivity index (χ0v) is 11.7. The quantitative estimate of drug-likeness (QED) is 0.569. The third-order valence-corrected chi connectivity index (χ3v) is 3.47. The minimum atomic E-state index is -0.210.